The lowest BCUT2D eigenvalue weighted by Crippen LogP contribution is -2.80. The van der Waals surface area contributed by atoms with Crippen molar-refractivity contribution in [2.45, 2.75) is 30.0 Å². The van der Waals surface area contributed by atoms with Gasteiger partial charge in [-0.1, -0.05) is 0 Å². The number of nitrogens with one attached hydrogen (secondary N) is 5. The zero-order chi connectivity index (χ0) is 14.0. The number of hydrogen-bond donors (Lipinski definition) is 8. The second kappa shape index (κ2) is 3.27. The Morgan fingerprint density at radius 1 is 1.37 bits per heavy atom. The molecule has 0 aliphatic carbocycles. The standard InChI is InChI=1S/C9H14N6O4/c10-6-13-4-3(5(16)17)12-7(11)15-2-1-8(18,19)9(4,15)14-6/h3-4,18-19H,1-2H2,(H2,11,12)(H,16,17)(H3,10,13,14). The Hall–Kier alpha value is -2.07. The third kappa shape index (κ3) is 1.24. The molecule has 0 aromatic carbocycles. The Morgan fingerprint density at radius 3 is 2.68 bits per heavy atom. The summed E-state index contributed by atoms with van der Waals surface area (Å²) in [6, 6.07) is -2.22. The minimum absolute atomic E-state index is 0.0537. The first kappa shape index (κ1) is 12.0. The number of aliphatic carboxylic acids is 1. The van der Waals surface area contributed by atoms with Gasteiger partial charge in [-0.05, 0) is 0 Å². The molecular weight excluding hydrogens is 256 g/mol. The average molecular weight is 270 g/mol. The van der Waals surface area contributed by atoms with Gasteiger partial charge in [0, 0.05) is 13.0 Å². The smallest absolute Gasteiger partial charge is 0.328 e. The van der Waals surface area contributed by atoms with Crippen LogP contribution in [0, 0.1) is 10.8 Å². The van der Waals surface area contributed by atoms with Gasteiger partial charge < -0.3 is 36.2 Å². The van der Waals surface area contributed by atoms with E-state index >= 15 is 0 Å². The molecular formula is C9H14N6O4. The number of carbonyl (C=O) groups is 1. The Balaban J connectivity index is 2.14. The van der Waals surface area contributed by atoms with E-state index in [-0.39, 0.29) is 24.9 Å². The molecule has 10 nitrogen and oxygen atoms in total. The molecule has 0 amide bonds. The van der Waals surface area contributed by atoms with E-state index in [4.69, 9.17) is 10.8 Å². The van der Waals surface area contributed by atoms with Crippen LogP contribution in [0.15, 0.2) is 0 Å². The molecule has 0 bridgehead atoms. The SMILES string of the molecule is N=C1NC2C(C(=O)O)NC(=N)N3CCC(O)(O)C23N1. The molecule has 1 spiro atoms. The van der Waals surface area contributed by atoms with Crippen LogP contribution >= 0.6 is 0 Å². The lowest BCUT2D eigenvalue weighted by Gasteiger charge is -2.50. The number of carboxylic acids is 1. The summed E-state index contributed by atoms with van der Waals surface area (Å²) in [5.74, 6) is -3.89. The first-order valence-corrected chi connectivity index (χ1v) is 5.73. The Morgan fingerprint density at radius 2 is 2.05 bits per heavy atom. The highest BCUT2D eigenvalue weighted by Gasteiger charge is 2.71. The van der Waals surface area contributed by atoms with Gasteiger partial charge in [0.05, 0.1) is 0 Å². The van der Waals surface area contributed by atoms with E-state index in [2.05, 4.69) is 16.0 Å². The van der Waals surface area contributed by atoms with Gasteiger partial charge in [0.15, 0.2) is 23.6 Å². The molecule has 0 aromatic rings. The molecule has 104 valence electrons. The van der Waals surface area contributed by atoms with Gasteiger partial charge in [-0.25, -0.2) is 4.79 Å². The molecule has 0 aromatic heterocycles. The van der Waals surface area contributed by atoms with E-state index in [9.17, 15) is 20.1 Å². The molecule has 3 fully saturated rings. The summed E-state index contributed by atoms with van der Waals surface area (Å²) in [4.78, 5) is 12.6. The molecule has 3 aliphatic rings. The van der Waals surface area contributed by atoms with Gasteiger partial charge in [0.1, 0.15) is 6.04 Å². The molecule has 3 atom stereocenters. The van der Waals surface area contributed by atoms with E-state index in [1.807, 2.05) is 0 Å². The number of nitrogens with zero attached hydrogens (tertiary/aromatic N) is 1. The van der Waals surface area contributed by atoms with Crippen molar-refractivity contribution in [3.05, 3.63) is 0 Å². The number of hydrogen-bond acceptors (Lipinski definition) is 5. The van der Waals surface area contributed by atoms with Crippen molar-refractivity contribution in [1.29, 1.82) is 10.8 Å². The minimum Gasteiger partial charge on any atom is -0.480 e. The highest BCUT2D eigenvalue weighted by molar-refractivity contribution is 5.92. The molecule has 19 heavy (non-hydrogen) atoms. The molecule has 3 aliphatic heterocycles. The lowest BCUT2D eigenvalue weighted by molar-refractivity contribution is -0.223. The fourth-order valence-corrected chi connectivity index (χ4v) is 3.13. The predicted octanol–water partition coefficient (Wildman–Crippen LogP) is -3.44. The summed E-state index contributed by atoms with van der Waals surface area (Å²) in [5, 5.41) is 52.7. The zero-order valence-electron chi connectivity index (χ0n) is 9.77. The van der Waals surface area contributed by atoms with Crippen LogP contribution in [0.25, 0.3) is 0 Å². The van der Waals surface area contributed by atoms with Crippen LogP contribution < -0.4 is 16.0 Å². The quantitative estimate of drug-likeness (QED) is 0.228. The van der Waals surface area contributed by atoms with E-state index < -0.39 is 29.5 Å². The van der Waals surface area contributed by atoms with Crippen LogP contribution in [0.2, 0.25) is 0 Å². The van der Waals surface area contributed by atoms with Crippen molar-refractivity contribution in [2.24, 2.45) is 0 Å². The van der Waals surface area contributed by atoms with Crippen molar-refractivity contribution in [3.8, 4) is 0 Å². The molecule has 0 radical (unpaired) electrons. The highest BCUT2D eigenvalue weighted by atomic mass is 16.5. The fourth-order valence-electron chi connectivity index (χ4n) is 3.13. The van der Waals surface area contributed by atoms with Crippen LogP contribution in [0.1, 0.15) is 6.42 Å². The summed E-state index contributed by atoms with van der Waals surface area (Å²) >= 11 is 0. The molecule has 8 N–H and O–H groups in total. The summed E-state index contributed by atoms with van der Waals surface area (Å²) in [5.41, 5.74) is -1.62. The van der Waals surface area contributed by atoms with Gasteiger partial charge in [0.2, 0.25) is 5.79 Å². The second-order valence-electron chi connectivity index (χ2n) is 4.92. The average Bonchev–Trinajstić information content (AvgIpc) is 2.76. The number of rotatable bonds is 1. The third-order valence-electron chi connectivity index (χ3n) is 3.95. The first-order chi connectivity index (χ1) is 8.79. The highest BCUT2D eigenvalue weighted by Crippen LogP contribution is 2.42. The third-order valence-corrected chi connectivity index (χ3v) is 3.95. The number of guanidine groups is 2. The topological polar surface area (TPSA) is 165 Å². The van der Waals surface area contributed by atoms with Crippen LogP contribution in [0.3, 0.4) is 0 Å². The summed E-state index contributed by atoms with van der Waals surface area (Å²) in [6.07, 6.45) is -0.0537. The maximum atomic E-state index is 11.3. The zero-order valence-corrected chi connectivity index (χ0v) is 9.77. The van der Waals surface area contributed by atoms with Gasteiger partial charge in [-0.2, -0.15) is 0 Å². The lowest BCUT2D eigenvalue weighted by atomic mass is 9.86. The second-order valence-corrected chi connectivity index (χ2v) is 4.92. The van der Waals surface area contributed by atoms with Crippen molar-refractivity contribution in [2.75, 3.05) is 6.54 Å². The Kier molecular flexibility index (Phi) is 2.07. The van der Waals surface area contributed by atoms with Gasteiger partial charge in [0.25, 0.3) is 0 Å². The molecule has 3 heterocycles. The molecule has 10 heteroatoms. The maximum Gasteiger partial charge on any atom is 0.328 e. The van der Waals surface area contributed by atoms with Gasteiger partial charge in [-0.15, -0.1) is 0 Å². The monoisotopic (exact) mass is 270 g/mol. The molecule has 3 saturated heterocycles. The maximum absolute atomic E-state index is 11.3. The van der Waals surface area contributed by atoms with Crippen LogP contribution in [0.5, 0.6) is 0 Å². The van der Waals surface area contributed by atoms with E-state index in [0.29, 0.717) is 0 Å². The van der Waals surface area contributed by atoms with E-state index in [1.165, 1.54) is 4.90 Å². The van der Waals surface area contributed by atoms with Crippen molar-refractivity contribution in [3.63, 3.8) is 0 Å². The first-order valence-electron chi connectivity index (χ1n) is 5.73. The summed E-state index contributed by atoms with van der Waals surface area (Å²) in [7, 11) is 0. The molecule has 0 saturated carbocycles. The van der Waals surface area contributed by atoms with Crippen molar-refractivity contribution in [1.82, 2.24) is 20.9 Å². The summed E-state index contributed by atoms with van der Waals surface area (Å²) < 4.78 is 0. The van der Waals surface area contributed by atoms with Crippen molar-refractivity contribution >= 4 is 17.9 Å². The van der Waals surface area contributed by atoms with E-state index in [1.54, 1.807) is 0 Å². The fraction of sp³-hybridized carbons (Fsp3) is 0.667. The largest absolute Gasteiger partial charge is 0.480 e. The number of aliphatic hydroxyl groups is 2. The van der Waals surface area contributed by atoms with Crippen molar-refractivity contribution < 1.29 is 20.1 Å². The number of carboxylic acid groups (broad SMARTS) is 1. The molecule has 3 unspecified atom stereocenters. The van der Waals surface area contributed by atoms with Crippen LogP contribution in [-0.4, -0.2) is 68.2 Å². The van der Waals surface area contributed by atoms with Gasteiger partial charge in [-0.3, -0.25) is 10.8 Å². The Bertz CT molecular complexity index is 493. The predicted molar refractivity (Wildman–Crippen MR) is 61.3 cm³/mol. The minimum atomic E-state index is -2.24. The Labute approximate surface area is 107 Å². The molecule has 3 rings (SSSR count). The van der Waals surface area contributed by atoms with Crippen LogP contribution in [-0.2, 0) is 4.79 Å². The van der Waals surface area contributed by atoms with E-state index in [0.717, 1.165) is 0 Å². The van der Waals surface area contributed by atoms with Gasteiger partial charge >= 0.3 is 5.97 Å². The normalized spacial score (nSPS) is 38.9. The summed E-state index contributed by atoms with van der Waals surface area (Å²) in [6.45, 7) is 0.170. The van der Waals surface area contributed by atoms with Crippen LogP contribution in [0.4, 0.5) is 0 Å².